The first kappa shape index (κ1) is 11.6. The van der Waals surface area contributed by atoms with Gasteiger partial charge in [0.05, 0.1) is 4.70 Å². The lowest BCUT2D eigenvalue weighted by molar-refractivity contribution is 0.627. The van der Waals surface area contributed by atoms with Gasteiger partial charge in [-0.05, 0) is 34.5 Å². The SMILES string of the molecule is O=c1c(Cc2ccc(F)cc2)csc2ccsc12. The summed E-state index contributed by atoms with van der Waals surface area (Å²) in [5.41, 5.74) is 1.83. The molecule has 0 aliphatic rings. The van der Waals surface area contributed by atoms with Crippen LogP contribution in [0.25, 0.3) is 9.40 Å². The van der Waals surface area contributed by atoms with E-state index < -0.39 is 0 Å². The van der Waals surface area contributed by atoms with Gasteiger partial charge < -0.3 is 0 Å². The number of hydrogen-bond acceptors (Lipinski definition) is 3. The van der Waals surface area contributed by atoms with Gasteiger partial charge in [0, 0.05) is 16.7 Å². The van der Waals surface area contributed by atoms with Crippen LogP contribution < -0.4 is 5.43 Å². The fourth-order valence-electron chi connectivity index (χ4n) is 1.83. The monoisotopic (exact) mass is 276 g/mol. The van der Waals surface area contributed by atoms with E-state index in [1.807, 2.05) is 16.8 Å². The van der Waals surface area contributed by atoms with Gasteiger partial charge in [-0.2, -0.15) is 0 Å². The highest BCUT2D eigenvalue weighted by Gasteiger charge is 2.07. The number of thiophene rings is 1. The van der Waals surface area contributed by atoms with E-state index in [-0.39, 0.29) is 11.2 Å². The molecule has 0 fully saturated rings. The minimum absolute atomic E-state index is 0.100. The van der Waals surface area contributed by atoms with Crippen LogP contribution in [0.3, 0.4) is 0 Å². The predicted octanol–water partition coefficient (Wildman–Crippen LogP) is 4.05. The molecular formula is C14H9FOS2. The van der Waals surface area contributed by atoms with E-state index in [0.29, 0.717) is 6.42 Å². The van der Waals surface area contributed by atoms with E-state index >= 15 is 0 Å². The molecule has 4 heteroatoms. The average molecular weight is 276 g/mol. The van der Waals surface area contributed by atoms with Crippen molar-refractivity contribution in [1.82, 2.24) is 0 Å². The molecule has 90 valence electrons. The smallest absolute Gasteiger partial charge is 0.201 e. The Hall–Kier alpha value is -1.52. The lowest BCUT2D eigenvalue weighted by atomic mass is 10.1. The Labute approximate surface area is 111 Å². The second kappa shape index (κ2) is 4.63. The maximum absolute atomic E-state index is 12.8. The van der Waals surface area contributed by atoms with Gasteiger partial charge in [-0.15, -0.1) is 22.7 Å². The van der Waals surface area contributed by atoms with Crippen LogP contribution in [0.2, 0.25) is 0 Å². The van der Waals surface area contributed by atoms with Gasteiger partial charge >= 0.3 is 0 Å². The number of fused-ring (bicyclic) bond motifs is 1. The first-order chi connectivity index (χ1) is 8.74. The summed E-state index contributed by atoms with van der Waals surface area (Å²) in [6.45, 7) is 0. The molecule has 18 heavy (non-hydrogen) atoms. The van der Waals surface area contributed by atoms with Gasteiger partial charge in [-0.3, -0.25) is 4.79 Å². The van der Waals surface area contributed by atoms with Gasteiger partial charge in [0.25, 0.3) is 0 Å². The Morgan fingerprint density at radius 2 is 1.83 bits per heavy atom. The summed E-state index contributed by atoms with van der Waals surface area (Å²) in [5.74, 6) is -0.252. The molecule has 0 amide bonds. The van der Waals surface area contributed by atoms with Crippen LogP contribution in [-0.4, -0.2) is 0 Å². The van der Waals surface area contributed by atoms with Crippen LogP contribution in [0, 0.1) is 5.82 Å². The summed E-state index contributed by atoms with van der Waals surface area (Å²) >= 11 is 3.06. The third-order valence-corrected chi connectivity index (χ3v) is 4.80. The van der Waals surface area contributed by atoms with Crippen molar-refractivity contribution in [3.05, 3.63) is 68.3 Å². The first-order valence-corrected chi connectivity index (χ1v) is 7.22. The molecule has 2 aromatic heterocycles. The molecule has 0 saturated carbocycles. The molecule has 0 aliphatic carbocycles. The lowest BCUT2D eigenvalue weighted by Gasteiger charge is -2.01. The van der Waals surface area contributed by atoms with E-state index in [2.05, 4.69) is 0 Å². The van der Waals surface area contributed by atoms with E-state index in [4.69, 9.17) is 0 Å². The Balaban J connectivity index is 2.02. The highest BCUT2D eigenvalue weighted by Crippen LogP contribution is 2.22. The average Bonchev–Trinajstić information content (AvgIpc) is 2.84. The summed E-state index contributed by atoms with van der Waals surface area (Å²) in [6.07, 6.45) is 0.559. The van der Waals surface area contributed by atoms with Crippen molar-refractivity contribution in [2.45, 2.75) is 6.42 Å². The van der Waals surface area contributed by atoms with E-state index in [9.17, 15) is 9.18 Å². The Bertz CT molecular complexity index is 740. The number of hydrogen-bond donors (Lipinski definition) is 0. The molecule has 0 unspecified atom stereocenters. The fourth-order valence-corrected chi connectivity index (χ4v) is 3.78. The minimum Gasteiger partial charge on any atom is -0.288 e. The van der Waals surface area contributed by atoms with Crippen molar-refractivity contribution in [2.24, 2.45) is 0 Å². The van der Waals surface area contributed by atoms with Gasteiger partial charge in [0.15, 0.2) is 0 Å². The van der Waals surface area contributed by atoms with Gasteiger partial charge in [0.2, 0.25) is 5.43 Å². The highest BCUT2D eigenvalue weighted by atomic mass is 32.1. The minimum atomic E-state index is -0.252. The normalized spacial score (nSPS) is 10.9. The Morgan fingerprint density at radius 3 is 2.61 bits per heavy atom. The largest absolute Gasteiger partial charge is 0.288 e. The molecular weight excluding hydrogens is 267 g/mol. The van der Waals surface area contributed by atoms with E-state index in [1.54, 1.807) is 23.5 Å². The second-order valence-electron chi connectivity index (χ2n) is 4.01. The van der Waals surface area contributed by atoms with Crippen molar-refractivity contribution in [2.75, 3.05) is 0 Å². The van der Waals surface area contributed by atoms with Crippen molar-refractivity contribution in [3.8, 4) is 0 Å². The molecule has 0 atom stereocenters. The molecule has 0 aliphatic heterocycles. The van der Waals surface area contributed by atoms with Crippen molar-refractivity contribution in [3.63, 3.8) is 0 Å². The first-order valence-electron chi connectivity index (χ1n) is 5.46. The van der Waals surface area contributed by atoms with Gasteiger partial charge in [-0.1, -0.05) is 12.1 Å². The third-order valence-electron chi connectivity index (χ3n) is 2.76. The van der Waals surface area contributed by atoms with Crippen molar-refractivity contribution in [1.29, 1.82) is 0 Å². The molecule has 0 radical (unpaired) electrons. The standard InChI is InChI=1S/C14H9FOS2/c15-11-3-1-9(2-4-11)7-10-8-18-12-5-6-17-14(12)13(10)16/h1-6,8H,7H2. The zero-order chi connectivity index (χ0) is 12.5. The molecule has 0 bridgehead atoms. The van der Waals surface area contributed by atoms with Crippen molar-refractivity contribution < 1.29 is 4.39 Å². The topological polar surface area (TPSA) is 17.1 Å². The predicted molar refractivity (Wildman–Crippen MR) is 75.2 cm³/mol. The maximum Gasteiger partial charge on any atom is 0.201 e. The third kappa shape index (κ3) is 2.09. The summed E-state index contributed by atoms with van der Waals surface area (Å²) in [5, 5.41) is 3.84. The zero-order valence-corrected chi connectivity index (χ0v) is 11.0. The molecule has 1 nitrogen and oxygen atoms in total. The van der Waals surface area contributed by atoms with Crippen LogP contribution >= 0.6 is 22.7 Å². The lowest BCUT2D eigenvalue weighted by Crippen LogP contribution is -2.06. The van der Waals surface area contributed by atoms with E-state index in [1.165, 1.54) is 23.5 Å². The number of halogens is 1. The molecule has 2 heterocycles. The number of rotatable bonds is 2. The molecule has 0 spiro atoms. The molecule has 0 N–H and O–H groups in total. The fraction of sp³-hybridized carbons (Fsp3) is 0.0714. The quantitative estimate of drug-likeness (QED) is 0.690. The highest BCUT2D eigenvalue weighted by molar-refractivity contribution is 7.24. The molecule has 3 aromatic rings. The van der Waals surface area contributed by atoms with Gasteiger partial charge in [0.1, 0.15) is 5.82 Å². The van der Waals surface area contributed by atoms with Crippen LogP contribution in [0.5, 0.6) is 0 Å². The summed E-state index contributed by atoms with van der Waals surface area (Å²) in [4.78, 5) is 12.2. The summed E-state index contributed by atoms with van der Waals surface area (Å²) < 4.78 is 14.7. The van der Waals surface area contributed by atoms with E-state index in [0.717, 1.165) is 20.5 Å². The van der Waals surface area contributed by atoms with Crippen molar-refractivity contribution >= 4 is 32.1 Å². The van der Waals surface area contributed by atoms with Crippen LogP contribution in [-0.2, 0) is 6.42 Å². The van der Waals surface area contributed by atoms with Crippen LogP contribution in [0.4, 0.5) is 4.39 Å². The maximum atomic E-state index is 12.8. The molecule has 3 rings (SSSR count). The summed E-state index contributed by atoms with van der Waals surface area (Å²) in [6, 6.07) is 8.25. The number of benzene rings is 1. The molecule has 0 saturated heterocycles. The zero-order valence-electron chi connectivity index (χ0n) is 9.35. The molecule has 1 aromatic carbocycles. The van der Waals surface area contributed by atoms with Crippen LogP contribution in [0.1, 0.15) is 11.1 Å². The second-order valence-corrected chi connectivity index (χ2v) is 5.83. The Morgan fingerprint density at radius 1 is 1.06 bits per heavy atom. The van der Waals surface area contributed by atoms with Crippen LogP contribution in [0.15, 0.2) is 45.9 Å². The Kier molecular flexibility index (Phi) is 2.97. The summed E-state index contributed by atoms with van der Waals surface area (Å²) in [7, 11) is 0. The van der Waals surface area contributed by atoms with Gasteiger partial charge in [-0.25, -0.2) is 4.39 Å².